The second kappa shape index (κ2) is 7.32. The molecule has 1 aromatic heterocycles. The summed E-state index contributed by atoms with van der Waals surface area (Å²) in [6.45, 7) is 2.75. The Kier molecular flexibility index (Phi) is 5.19. The van der Waals surface area contributed by atoms with E-state index in [-0.39, 0.29) is 0 Å². The van der Waals surface area contributed by atoms with Crippen molar-refractivity contribution in [1.29, 1.82) is 0 Å². The zero-order valence-corrected chi connectivity index (χ0v) is 12.2. The van der Waals surface area contributed by atoms with Gasteiger partial charge >= 0.3 is 0 Å². The molecular formula is C17H18N2O2. The van der Waals surface area contributed by atoms with Crippen LogP contribution in [0, 0.1) is 18.8 Å². The van der Waals surface area contributed by atoms with Gasteiger partial charge in [-0.3, -0.25) is 0 Å². The molecule has 1 aromatic carbocycles. The molecule has 0 aliphatic rings. The molecule has 0 aliphatic carbocycles. The van der Waals surface area contributed by atoms with Gasteiger partial charge in [-0.05, 0) is 36.8 Å². The summed E-state index contributed by atoms with van der Waals surface area (Å²) in [5.74, 6) is 7.25. The second-order valence-electron chi connectivity index (χ2n) is 4.44. The predicted molar refractivity (Wildman–Crippen MR) is 82.2 cm³/mol. The van der Waals surface area contributed by atoms with E-state index in [1.807, 2.05) is 37.3 Å². The van der Waals surface area contributed by atoms with Crippen LogP contribution in [0.5, 0.6) is 11.6 Å². The molecule has 0 saturated heterocycles. The van der Waals surface area contributed by atoms with Gasteiger partial charge in [-0.1, -0.05) is 17.9 Å². The van der Waals surface area contributed by atoms with Gasteiger partial charge in [0.1, 0.15) is 12.4 Å². The van der Waals surface area contributed by atoms with Gasteiger partial charge in [0.15, 0.2) is 0 Å². The van der Waals surface area contributed by atoms with Crippen LogP contribution in [0.2, 0.25) is 0 Å². The van der Waals surface area contributed by atoms with Gasteiger partial charge in [-0.25, -0.2) is 4.98 Å². The van der Waals surface area contributed by atoms with Crippen molar-refractivity contribution < 1.29 is 9.47 Å². The molecule has 0 atom stereocenters. The van der Waals surface area contributed by atoms with E-state index in [1.54, 1.807) is 13.2 Å². The van der Waals surface area contributed by atoms with Crippen LogP contribution in [-0.4, -0.2) is 18.6 Å². The number of ether oxygens (including phenoxy) is 2. The van der Waals surface area contributed by atoms with Crippen LogP contribution in [0.3, 0.4) is 0 Å². The first-order valence-electron chi connectivity index (χ1n) is 6.65. The molecule has 0 amide bonds. The number of methoxy groups -OCH3 is 1. The van der Waals surface area contributed by atoms with Crippen LogP contribution >= 0.6 is 0 Å². The van der Waals surface area contributed by atoms with Gasteiger partial charge in [0, 0.05) is 11.6 Å². The van der Waals surface area contributed by atoms with Crippen LogP contribution in [0.15, 0.2) is 36.4 Å². The van der Waals surface area contributed by atoms with Crippen molar-refractivity contribution in [3.05, 3.63) is 53.2 Å². The minimum atomic E-state index is 0.360. The maximum absolute atomic E-state index is 5.74. The van der Waals surface area contributed by atoms with Gasteiger partial charge in [0.2, 0.25) is 5.88 Å². The fourth-order valence-electron chi connectivity index (χ4n) is 1.82. The molecule has 2 N–H and O–H groups in total. The number of benzene rings is 1. The lowest BCUT2D eigenvalue weighted by atomic mass is 10.1. The average molecular weight is 282 g/mol. The van der Waals surface area contributed by atoms with Crippen LogP contribution in [0.4, 0.5) is 0 Å². The molecule has 0 spiro atoms. The Labute approximate surface area is 124 Å². The summed E-state index contributed by atoms with van der Waals surface area (Å²) < 4.78 is 10.8. The van der Waals surface area contributed by atoms with Crippen LogP contribution in [-0.2, 0) is 6.61 Å². The topological polar surface area (TPSA) is 57.4 Å². The summed E-state index contributed by atoms with van der Waals surface area (Å²) in [5, 5.41) is 0. The smallest absolute Gasteiger partial charge is 0.213 e. The van der Waals surface area contributed by atoms with E-state index < -0.39 is 0 Å². The molecule has 21 heavy (non-hydrogen) atoms. The number of rotatable bonds is 4. The van der Waals surface area contributed by atoms with E-state index in [2.05, 4.69) is 16.8 Å². The molecule has 2 rings (SSSR count). The molecule has 1 heterocycles. The molecule has 4 nitrogen and oxygen atoms in total. The van der Waals surface area contributed by atoms with Crippen molar-refractivity contribution in [3.8, 4) is 23.5 Å². The first kappa shape index (κ1) is 14.9. The third-order valence-electron chi connectivity index (χ3n) is 2.90. The summed E-state index contributed by atoms with van der Waals surface area (Å²) in [6.07, 6.45) is 0. The molecule has 108 valence electrons. The highest BCUT2D eigenvalue weighted by Crippen LogP contribution is 2.18. The summed E-state index contributed by atoms with van der Waals surface area (Å²) in [4.78, 5) is 4.30. The number of nitrogens with two attached hydrogens (primary N) is 1. The van der Waals surface area contributed by atoms with Crippen LogP contribution in [0.1, 0.15) is 16.8 Å². The number of aromatic nitrogens is 1. The van der Waals surface area contributed by atoms with Crippen molar-refractivity contribution in [2.24, 2.45) is 5.73 Å². The Morgan fingerprint density at radius 3 is 2.81 bits per heavy atom. The Bertz CT molecular complexity index is 672. The van der Waals surface area contributed by atoms with E-state index >= 15 is 0 Å². The summed E-state index contributed by atoms with van der Waals surface area (Å²) in [7, 11) is 1.59. The van der Waals surface area contributed by atoms with E-state index in [1.165, 1.54) is 0 Å². The van der Waals surface area contributed by atoms with Gasteiger partial charge in [-0.15, -0.1) is 0 Å². The molecule has 0 radical (unpaired) electrons. The maximum Gasteiger partial charge on any atom is 0.213 e. The first-order valence-corrected chi connectivity index (χ1v) is 6.65. The highest BCUT2D eigenvalue weighted by atomic mass is 16.5. The predicted octanol–water partition coefficient (Wildman–Crippen LogP) is 2.29. The van der Waals surface area contributed by atoms with E-state index in [9.17, 15) is 0 Å². The lowest BCUT2D eigenvalue weighted by Crippen LogP contribution is -2.00. The minimum absolute atomic E-state index is 0.360. The van der Waals surface area contributed by atoms with Crippen molar-refractivity contribution in [2.45, 2.75) is 13.5 Å². The number of pyridine rings is 1. The standard InChI is InChI=1S/C17H18N2O2/c1-13-11-16(9-8-14(13)5-4-10-18)21-12-15-6-3-7-17(19-15)20-2/h3,6-9,11H,10,12,18H2,1-2H3. The minimum Gasteiger partial charge on any atom is -0.487 e. The Morgan fingerprint density at radius 1 is 1.24 bits per heavy atom. The Morgan fingerprint density at radius 2 is 2.10 bits per heavy atom. The largest absolute Gasteiger partial charge is 0.487 e. The quantitative estimate of drug-likeness (QED) is 0.874. The fourth-order valence-corrected chi connectivity index (χ4v) is 1.82. The van der Waals surface area contributed by atoms with Gasteiger partial charge in [-0.2, -0.15) is 0 Å². The number of aryl methyl sites for hydroxylation is 1. The normalized spacial score (nSPS) is 9.67. The first-order chi connectivity index (χ1) is 10.2. The molecule has 0 aliphatic heterocycles. The highest BCUT2D eigenvalue weighted by Gasteiger charge is 2.02. The summed E-state index contributed by atoms with van der Waals surface area (Å²) in [6, 6.07) is 11.4. The molecule has 0 fully saturated rings. The molecule has 4 heteroatoms. The van der Waals surface area contributed by atoms with Crippen molar-refractivity contribution >= 4 is 0 Å². The number of nitrogens with zero attached hydrogens (tertiary/aromatic N) is 1. The van der Waals surface area contributed by atoms with Gasteiger partial charge in [0.25, 0.3) is 0 Å². The van der Waals surface area contributed by atoms with E-state index in [0.717, 1.165) is 22.6 Å². The van der Waals surface area contributed by atoms with Crippen molar-refractivity contribution in [1.82, 2.24) is 4.98 Å². The zero-order valence-electron chi connectivity index (χ0n) is 12.2. The molecule has 0 unspecified atom stereocenters. The Hall–Kier alpha value is -2.51. The van der Waals surface area contributed by atoms with Crippen molar-refractivity contribution in [3.63, 3.8) is 0 Å². The van der Waals surface area contributed by atoms with Crippen LogP contribution < -0.4 is 15.2 Å². The Balaban J connectivity index is 2.04. The monoisotopic (exact) mass is 282 g/mol. The molecule has 0 bridgehead atoms. The van der Waals surface area contributed by atoms with E-state index in [0.29, 0.717) is 19.0 Å². The van der Waals surface area contributed by atoms with Crippen LogP contribution in [0.25, 0.3) is 0 Å². The number of hydrogen-bond donors (Lipinski definition) is 1. The second-order valence-corrected chi connectivity index (χ2v) is 4.44. The average Bonchev–Trinajstić information content (AvgIpc) is 2.52. The summed E-state index contributed by atoms with van der Waals surface area (Å²) >= 11 is 0. The summed E-state index contributed by atoms with van der Waals surface area (Å²) in [5.41, 5.74) is 8.22. The molecular weight excluding hydrogens is 264 g/mol. The SMILES string of the molecule is COc1cccc(COc2ccc(C#CCN)c(C)c2)n1. The van der Waals surface area contributed by atoms with Gasteiger partial charge < -0.3 is 15.2 Å². The lowest BCUT2D eigenvalue weighted by Gasteiger charge is -2.08. The van der Waals surface area contributed by atoms with E-state index in [4.69, 9.17) is 15.2 Å². The lowest BCUT2D eigenvalue weighted by molar-refractivity contribution is 0.298. The van der Waals surface area contributed by atoms with Gasteiger partial charge in [0.05, 0.1) is 19.3 Å². The fraction of sp³-hybridized carbons (Fsp3) is 0.235. The third kappa shape index (κ3) is 4.23. The van der Waals surface area contributed by atoms with Crippen molar-refractivity contribution in [2.75, 3.05) is 13.7 Å². The zero-order chi connectivity index (χ0) is 15.1. The third-order valence-corrected chi connectivity index (χ3v) is 2.90. The maximum atomic E-state index is 5.74. The molecule has 0 saturated carbocycles. The number of hydrogen-bond acceptors (Lipinski definition) is 4. The highest BCUT2D eigenvalue weighted by molar-refractivity contribution is 5.44. The molecule has 2 aromatic rings.